The molecule has 1 aromatic carbocycles. The van der Waals surface area contributed by atoms with Gasteiger partial charge in [-0.3, -0.25) is 0 Å². The van der Waals surface area contributed by atoms with Crippen LogP contribution in [0.4, 0.5) is 10.1 Å². The van der Waals surface area contributed by atoms with Gasteiger partial charge in [-0.05, 0) is 31.2 Å². The Labute approximate surface area is 102 Å². The van der Waals surface area contributed by atoms with E-state index in [1.807, 2.05) is 24.8 Å². The summed E-state index contributed by atoms with van der Waals surface area (Å²) < 4.78 is 13.9. The quantitative estimate of drug-likeness (QED) is 0.762. The number of hydrogen-bond acceptors (Lipinski definition) is 3. The number of rotatable bonds is 7. The van der Waals surface area contributed by atoms with Crippen LogP contribution in [-0.2, 0) is 6.54 Å². The van der Waals surface area contributed by atoms with E-state index in [0.29, 0.717) is 25.3 Å². The molecule has 0 heterocycles. The fourth-order valence-corrected chi connectivity index (χ4v) is 1.76. The predicted octanol–water partition coefficient (Wildman–Crippen LogP) is 1.75. The highest BCUT2D eigenvalue weighted by atomic mass is 19.1. The Balaban J connectivity index is 2.80. The fraction of sp³-hybridized carbons (Fsp3) is 0.538. The molecular weight excluding hydrogens is 219 g/mol. The molecule has 0 aliphatic rings. The van der Waals surface area contributed by atoms with Crippen LogP contribution in [0.2, 0.25) is 0 Å². The molecule has 0 radical (unpaired) electrons. The van der Waals surface area contributed by atoms with Gasteiger partial charge in [0.1, 0.15) is 5.82 Å². The van der Waals surface area contributed by atoms with Crippen molar-refractivity contribution >= 4 is 5.69 Å². The number of aliphatic hydroxyl groups excluding tert-OH is 1. The second kappa shape index (κ2) is 7.25. The van der Waals surface area contributed by atoms with Crippen molar-refractivity contribution in [2.75, 3.05) is 31.1 Å². The zero-order valence-electron chi connectivity index (χ0n) is 10.5. The summed E-state index contributed by atoms with van der Waals surface area (Å²) in [6.07, 6.45) is 0. The summed E-state index contributed by atoms with van der Waals surface area (Å²) in [4.78, 5) is 1.83. The summed E-state index contributed by atoms with van der Waals surface area (Å²) in [5.74, 6) is -0.226. The van der Waals surface area contributed by atoms with Crippen LogP contribution in [0.1, 0.15) is 19.4 Å². The van der Waals surface area contributed by atoms with Crippen molar-refractivity contribution < 1.29 is 9.50 Å². The lowest BCUT2D eigenvalue weighted by Gasteiger charge is -2.22. The molecule has 0 bridgehead atoms. The zero-order valence-corrected chi connectivity index (χ0v) is 10.5. The van der Waals surface area contributed by atoms with Gasteiger partial charge in [0.2, 0.25) is 0 Å². The smallest absolute Gasteiger partial charge is 0.146 e. The average Bonchev–Trinajstić information content (AvgIpc) is 2.34. The summed E-state index contributed by atoms with van der Waals surface area (Å²) in [6.45, 7) is 6.69. The van der Waals surface area contributed by atoms with E-state index in [2.05, 4.69) is 5.32 Å². The number of likely N-dealkylation sites (N-methyl/N-ethyl adjacent to an activating group) is 1. The molecule has 1 rings (SSSR count). The van der Waals surface area contributed by atoms with E-state index in [1.54, 1.807) is 12.1 Å². The average molecular weight is 240 g/mol. The third-order valence-corrected chi connectivity index (χ3v) is 2.68. The van der Waals surface area contributed by atoms with E-state index >= 15 is 0 Å². The van der Waals surface area contributed by atoms with E-state index < -0.39 is 0 Å². The molecule has 1 aromatic rings. The monoisotopic (exact) mass is 240 g/mol. The Morgan fingerprint density at radius 1 is 1.35 bits per heavy atom. The molecule has 0 spiro atoms. The van der Waals surface area contributed by atoms with Crippen LogP contribution >= 0.6 is 0 Å². The minimum atomic E-state index is -0.226. The van der Waals surface area contributed by atoms with Gasteiger partial charge in [-0.15, -0.1) is 0 Å². The Kier molecular flexibility index (Phi) is 5.94. The maximum absolute atomic E-state index is 13.9. The molecule has 0 atom stereocenters. The fourth-order valence-electron chi connectivity index (χ4n) is 1.76. The molecule has 3 nitrogen and oxygen atoms in total. The number of halogens is 1. The Bertz CT molecular complexity index is 344. The Morgan fingerprint density at radius 3 is 2.65 bits per heavy atom. The molecular formula is C13H21FN2O. The molecule has 0 saturated carbocycles. The van der Waals surface area contributed by atoms with E-state index in [9.17, 15) is 4.39 Å². The first kappa shape index (κ1) is 13.9. The number of nitrogens with one attached hydrogen (secondary N) is 1. The summed E-state index contributed by atoms with van der Waals surface area (Å²) in [6, 6.07) is 5.25. The maximum Gasteiger partial charge on any atom is 0.146 e. The van der Waals surface area contributed by atoms with Gasteiger partial charge in [0.25, 0.3) is 0 Å². The van der Waals surface area contributed by atoms with Crippen LogP contribution in [0.3, 0.4) is 0 Å². The molecule has 0 aliphatic carbocycles. The predicted molar refractivity (Wildman–Crippen MR) is 68.8 cm³/mol. The van der Waals surface area contributed by atoms with Gasteiger partial charge >= 0.3 is 0 Å². The lowest BCUT2D eigenvalue weighted by Crippen LogP contribution is -2.27. The third-order valence-electron chi connectivity index (χ3n) is 2.68. The van der Waals surface area contributed by atoms with Gasteiger partial charge in [0.05, 0.1) is 12.3 Å². The molecule has 0 amide bonds. The normalized spacial score (nSPS) is 10.6. The molecule has 96 valence electrons. The molecule has 2 N–H and O–H groups in total. The van der Waals surface area contributed by atoms with Gasteiger partial charge in [0.15, 0.2) is 0 Å². The third kappa shape index (κ3) is 3.98. The number of aliphatic hydroxyl groups is 1. The number of nitrogens with zero attached hydrogens (tertiary/aromatic N) is 1. The van der Waals surface area contributed by atoms with Crippen molar-refractivity contribution in [1.29, 1.82) is 0 Å². The number of hydrogen-bond donors (Lipinski definition) is 2. The second-order valence-corrected chi connectivity index (χ2v) is 3.87. The Morgan fingerprint density at radius 2 is 2.12 bits per heavy atom. The van der Waals surface area contributed by atoms with Gasteiger partial charge in [-0.25, -0.2) is 4.39 Å². The zero-order chi connectivity index (χ0) is 12.7. The molecule has 0 unspecified atom stereocenters. The second-order valence-electron chi connectivity index (χ2n) is 3.87. The van der Waals surface area contributed by atoms with Gasteiger partial charge < -0.3 is 15.3 Å². The first-order chi connectivity index (χ1) is 8.22. The topological polar surface area (TPSA) is 35.5 Å². The SMILES string of the molecule is CCNCc1ccc(N(CC)CCO)c(F)c1. The molecule has 0 fully saturated rings. The highest BCUT2D eigenvalue weighted by Gasteiger charge is 2.09. The molecule has 0 saturated heterocycles. The molecule has 0 aromatic heterocycles. The summed E-state index contributed by atoms with van der Waals surface area (Å²) in [7, 11) is 0. The van der Waals surface area contributed by atoms with Crippen LogP contribution < -0.4 is 10.2 Å². The largest absolute Gasteiger partial charge is 0.395 e. The van der Waals surface area contributed by atoms with Crippen molar-refractivity contribution in [3.63, 3.8) is 0 Å². The van der Waals surface area contributed by atoms with Crippen LogP contribution in [0.5, 0.6) is 0 Å². The van der Waals surface area contributed by atoms with E-state index in [0.717, 1.165) is 12.1 Å². The standard InChI is InChI=1S/C13H21FN2O/c1-3-15-10-11-5-6-13(12(14)9-11)16(4-2)7-8-17/h5-6,9,15,17H,3-4,7-8,10H2,1-2H3. The number of anilines is 1. The minimum absolute atomic E-state index is 0.0341. The Hall–Kier alpha value is -1.13. The van der Waals surface area contributed by atoms with Crippen molar-refractivity contribution in [2.24, 2.45) is 0 Å². The molecule has 0 aliphatic heterocycles. The van der Waals surface area contributed by atoms with E-state index in [-0.39, 0.29) is 12.4 Å². The first-order valence-corrected chi connectivity index (χ1v) is 6.07. The van der Waals surface area contributed by atoms with Crippen molar-refractivity contribution in [2.45, 2.75) is 20.4 Å². The van der Waals surface area contributed by atoms with E-state index in [1.165, 1.54) is 0 Å². The highest BCUT2D eigenvalue weighted by molar-refractivity contribution is 5.49. The molecule has 17 heavy (non-hydrogen) atoms. The summed E-state index contributed by atoms with van der Waals surface area (Å²) in [5.41, 5.74) is 1.50. The summed E-state index contributed by atoms with van der Waals surface area (Å²) >= 11 is 0. The van der Waals surface area contributed by atoms with Crippen molar-refractivity contribution in [3.05, 3.63) is 29.6 Å². The van der Waals surface area contributed by atoms with Crippen molar-refractivity contribution in [3.8, 4) is 0 Å². The van der Waals surface area contributed by atoms with Crippen LogP contribution in [0, 0.1) is 5.82 Å². The van der Waals surface area contributed by atoms with Gasteiger partial charge in [0, 0.05) is 19.6 Å². The number of benzene rings is 1. The van der Waals surface area contributed by atoms with Crippen LogP contribution in [0.15, 0.2) is 18.2 Å². The maximum atomic E-state index is 13.9. The van der Waals surface area contributed by atoms with Crippen LogP contribution in [0.25, 0.3) is 0 Å². The van der Waals surface area contributed by atoms with E-state index in [4.69, 9.17) is 5.11 Å². The van der Waals surface area contributed by atoms with Crippen molar-refractivity contribution in [1.82, 2.24) is 5.32 Å². The van der Waals surface area contributed by atoms with Gasteiger partial charge in [-0.2, -0.15) is 0 Å². The van der Waals surface area contributed by atoms with Crippen LogP contribution in [-0.4, -0.2) is 31.3 Å². The highest BCUT2D eigenvalue weighted by Crippen LogP contribution is 2.20. The lowest BCUT2D eigenvalue weighted by molar-refractivity contribution is 0.302. The minimum Gasteiger partial charge on any atom is -0.395 e. The first-order valence-electron chi connectivity index (χ1n) is 6.07. The van der Waals surface area contributed by atoms with Gasteiger partial charge in [-0.1, -0.05) is 13.0 Å². The lowest BCUT2D eigenvalue weighted by atomic mass is 10.1. The summed E-state index contributed by atoms with van der Waals surface area (Å²) in [5, 5.41) is 12.1. The molecule has 4 heteroatoms.